The van der Waals surface area contributed by atoms with Crippen molar-refractivity contribution >= 4 is 46.8 Å². The molecule has 2 heterocycles. The highest BCUT2D eigenvalue weighted by Crippen LogP contribution is 2.59. The van der Waals surface area contributed by atoms with Crippen LogP contribution in [0, 0.1) is 11.8 Å². The average Bonchev–Trinajstić information content (AvgIpc) is 3.41. The second-order valence-electron chi connectivity index (χ2n) is 9.28. The molecule has 0 aromatic heterocycles. The number of nitrogens with one attached hydrogen (secondary N) is 1. The molecule has 3 aliphatic rings. The molecule has 5 rings (SSSR count). The van der Waals surface area contributed by atoms with Crippen molar-refractivity contribution in [3.05, 3.63) is 63.6 Å². The summed E-state index contributed by atoms with van der Waals surface area (Å²) in [5, 5.41) is 4.01. The third kappa shape index (κ3) is 3.50. The van der Waals surface area contributed by atoms with Crippen LogP contribution in [0.4, 0.5) is 10.5 Å². The maximum atomic E-state index is 14.5. The minimum absolute atomic E-state index is 0.106. The number of halogens is 2. The van der Waals surface area contributed by atoms with E-state index < -0.39 is 17.6 Å². The van der Waals surface area contributed by atoms with Gasteiger partial charge in [-0.25, -0.2) is 9.69 Å². The fraction of sp³-hybridized carbons (Fsp3) is 0.423. The zero-order valence-corrected chi connectivity index (χ0v) is 20.4. The van der Waals surface area contributed by atoms with Gasteiger partial charge in [-0.15, -0.1) is 0 Å². The molecule has 178 valence electrons. The van der Waals surface area contributed by atoms with E-state index in [-0.39, 0.29) is 36.7 Å². The van der Waals surface area contributed by atoms with Crippen molar-refractivity contribution in [2.24, 2.45) is 11.8 Å². The first kappa shape index (κ1) is 23.2. The highest BCUT2D eigenvalue weighted by molar-refractivity contribution is 6.32. The molecule has 0 bridgehead atoms. The van der Waals surface area contributed by atoms with Crippen LogP contribution in [0.3, 0.4) is 0 Å². The molecule has 1 N–H and O–H groups in total. The summed E-state index contributed by atoms with van der Waals surface area (Å²) in [4.78, 5) is 41.7. The first-order valence-electron chi connectivity index (χ1n) is 11.7. The van der Waals surface area contributed by atoms with Gasteiger partial charge in [-0.2, -0.15) is 0 Å². The minimum atomic E-state index is -1.18. The van der Waals surface area contributed by atoms with Gasteiger partial charge >= 0.3 is 6.09 Å². The molecule has 2 fully saturated rings. The van der Waals surface area contributed by atoms with Crippen LogP contribution >= 0.6 is 23.2 Å². The van der Waals surface area contributed by atoms with Gasteiger partial charge in [0.15, 0.2) is 0 Å². The highest BCUT2D eigenvalue weighted by Gasteiger charge is 2.65. The Morgan fingerprint density at radius 1 is 1.12 bits per heavy atom. The van der Waals surface area contributed by atoms with E-state index in [2.05, 4.69) is 5.32 Å². The summed E-state index contributed by atoms with van der Waals surface area (Å²) in [6.07, 6.45) is 3.48. The first-order valence-corrected chi connectivity index (χ1v) is 12.5. The van der Waals surface area contributed by atoms with E-state index in [0.717, 1.165) is 36.1 Å². The molecule has 34 heavy (non-hydrogen) atoms. The average molecular weight is 501 g/mol. The van der Waals surface area contributed by atoms with E-state index in [1.165, 1.54) is 0 Å². The zero-order valence-electron chi connectivity index (χ0n) is 18.9. The summed E-state index contributed by atoms with van der Waals surface area (Å²) < 4.78 is 5.28. The topological polar surface area (TPSA) is 75.7 Å². The Morgan fingerprint density at radius 3 is 2.56 bits per heavy atom. The Morgan fingerprint density at radius 2 is 1.85 bits per heavy atom. The van der Waals surface area contributed by atoms with E-state index in [0.29, 0.717) is 21.3 Å². The Bertz CT molecular complexity index is 1160. The van der Waals surface area contributed by atoms with Crippen molar-refractivity contribution in [1.82, 2.24) is 5.32 Å². The lowest BCUT2D eigenvalue weighted by molar-refractivity contribution is -0.136. The van der Waals surface area contributed by atoms with E-state index in [1.807, 2.05) is 18.2 Å². The second kappa shape index (κ2) is 8.90. The molecule has 8 heteroatoms. The van der Waals surface area contributed by atoms with Crippen molar-refractivity contribution < 1.29 is 19.1 Å². The molecule has 1 saturated heterocycles. The number of hydrogen-bond acceptors (Lipinski definition) is 4. The third-order valence-corrected chi connectivity index (χ3v) is 8.03. The van der Waals surface area contributed by atoms with Crippen LogP contribution in [-0.4, -0.2) is 24.5 Å². The highest BCUT2D eigenvalue weighted by atomic mass is 35.5. The zero-order chi connectivity index (χ0) is 24.0. The molecule has 3 atom stereocenters. The maximum Gasteiger partial charge on any atom is 0.421 e. The molecule has 3 amide bonds. The minimum Gasteiger partial charge on any atom is -0.449 e. The van der Waals surface area contributed by atoms with E-state index in [1.54, 1.807) is 31.2 Å². The van der Waals surface area contributed by atoms with Gasteiger partial charge in [0.25, 0.3) is 0 Å². The van der Waals surface area contributed by atoms with E-state index in [4.69, 9.17) is 27.9 Å². The summed E-state index contributed by atoms with van der Waals surface area (Å²) in [6, 6.07) is 11.7. The molecule has 0 unspecified atom stereocenters. The normalized spacial score (nSPS) is 26.6. The van der Waals surface area contributed by atoms with Crippen LogP contribution in [0.5, 0.6) is 0 Å². The van der Waals surface area contributed by atoms with E-state index >= 15 is 0 Å². The molecule has 2 aliphatic heterocycles. The van der Waals surface area contributed by atoms with Crippen LogP contribution in [0.25, 0.3) is 0 Å². The Kier molecular flexibility index (Phi) is 6.07. The monoisotopic (exact) mass is 500 g/mol. The van der Waals surface area contributed by atoms with Crippen LogP contribution in [0.2, 0.25) is 10.0 Å². The Balaban J connectivity index is 1.79. The molecule has 0 radical (unpaired) electrons. The second-order valence-corrected chi connectivity index (χ2v) is 10.2. The summed E-state index contributed by atoms with van der Waals surface area (Å²) >= 11 is 12.7. The number of carbonyl (C=O) groups excluding carboxylic acids is 3. The summed E-state index contributed by atoms with van der Waals surface area (Å²) in [7, 11) is 0. The van der Waals surface area contributed by atoms with Gasteiger partial charge in [-0.05, 0) is 54.2 Å². The van der Waals surface area contributed by atoms with Crippen LogP contribution in [-0.2, 0) is 19.7 Å². The Hall–Kier alpha value is -2.57. The maximum absolute atomic E-state index is 14.5. The number of anilines is 1. The number of carbonyl (C=O) groups is 3. The third-order valence-electron chi connectivity index (χ3n) is 7.56. The summed E-state index contributed by atoms with van der Waals surface area (Å²) in [5.41, 5.74) is 0.655. The fourth-order valence-corrected chi connectivity index (χ4v) is 6.66. The largest absolute Gasteiger partial charge is 0.449 e. The van der Waals surface area contributed by atoms with Gasteiger partial charge in [-0.1, -0.05) is 67.1 Å². The number of imide groups is 1. The van der Waals surface area contributed by atoms with Gasteiger partial charge < -0.3 is 10.1 Å². The number of hydrogen-bond donors (Lipinski definition) is 1. The lowest BCUT2D eigenvalue weighted by Crippen LogP contribution is -2.61. The van der Waals surface area contributed by atoms with Crippen LogP contribution in [0.1, 0.15) is 56.2 Å². The van der Waals surface area contributed by atoms with Gasteiger partial charge in [0, 0.05) is 16.5 Å². The number of rotatable bonds is 3. The standard InChI is InChI=1S/C26H26Cl2N2O4/c1-2-34-25(33)30-21-13-18(28)10-11-19(21)26(24(30)32)20(15-6-3-4-7-15)14-22(31)29-23(26)16-8-5-9-17(27)12-16/h5,8-13,15,20,23H,2-4,6-7,14H2,1H3,(H,29,31)/t20-,23+,26-/m1/s1. The first-order chi connectivity index (χ1) is 16.4. The number of ether oxygens (including phenoxy) is 1. The van der Waals surface area contributed by atoms with Crippen molar-refractivity contribution in [2.45, 2.75) is 50.5 Å². The Labute approximate surface area is 208 Å². The summed E-state index contributed by atoms with van der Waals surface area (Å²) in [5.74, 6) is -0.586. The van der Waals surface area contributed by atoms with Gasteiger partial charge in [-0.3, -0.25) is 9.59 Å². The number of nitrogens with zero attached hydrogens (tertiary/aromatic N) is 1. The predicted molar refractivity (Wildman–Crippen MR) is 130 cm³/mol. The van der Waals surface area contributed by atoms with Crippen molar-refractivity contribution in [1.29, 1.82) is 0 Å². The lowest BCUT2D eigenvalue weighted by Gasteiger charge is -2.48. The molecule has 2 aromatic rings. The fourth-order valence-electron chi connectivity index (χ4n) is 6.29. The molecule has 6 nitrogen and oxygen atoms in total. The number of fused-ring (bicyclic) bond motifs is 2. The quantitative estimate of drug-likeness (QED) is 0.577. The summed E-state index contributed by atoms with van der Waals surface area (Å²) in [6.45, 7) is 1.83. The molecular weight excluding hydrogens is 475 g/mol. The van der Waals surface area contributed by atoms with Crippen molar-refractivity contribution in [3.8, 4) is 0 Å². The van der Waals surface area contributed by atoms with Gasteiger partial charge in [0.2, 0.25) is 11.8 Å². The molecular formula is C26H26Cl2N2O4. The predicted octanol–water partition coefficient (Wildman–Crippen LogP) is 5.80. The van der Waals surface area contributed by atoms with Crippen molar-refractivity contribution in [3.63, 3.8) is 0 Å². The number of amides is 3. The number of piperidine rings is 1. The van der Waals surface area contributed by atoms with Crippen LogP contribution in [0.15, 0.2) is 42.5 Å². The lowest BCUT2D eigenvalue weighted by atomic mass is 9.57. The van der Waals surface area contributed by atoms with E-state index in [9.17, 15) is 14.4 Å². The molecule has 1 aliphatic carbocycles. The molecule has 1 saturated carbocycles. The van der Waals surface area contributed by atoms with Gasteiger partial charge in [0.1, 0.15) is 5.41 Å². The van der Waals surface area contributed by atoms with Gasteiger partial charge in [0.05, 0.1) is 18.3 Å². The van der Waals surface area contributed by atoms with Crippen molar-refractivity contribution in [2.75, 3.05) is 11.5 Å². The SMILES string of the molecule is CCOC(=O)N1C(=O)[C@]2(c3ccc(Cl)cc31)[C@@H](C1CCCC1)CC(=O)N[C@H]2c1cccc(Cl)c1. The van der Waals surface area contributed by atoms with Crippen LogP contribution < -0.4 is 10.2 Å². The molecule has 1 spiro atoms. The number of benzene rings is 2. The smallest absolute Gasteiger partial charge is 0.421 e. The molecule has 2 aromatic carbocycles.